The van der Waals surface area contributed by atoms with E-state index in [9.17, 15) is 14.0 Å². The first-order valence-corrected chi connectivity index (χ1v) is 8.99. The number of rotatable bonds is 6. The summed E-state index contributed by atoms with van der Waals surface area (Å²) in [6.07, 6.45) is -0.739. The van der Waals surface area contributed by atoms with E-state index in [4.69, 9.17) is 18.9 Å². The Balaban J connectivity index is 2.33. The first-order chi connectivity index (χ1) is 14.1. The quantitative estimate of drug-likeness (QED) is 0.717. The van der Waals surface area contributed by atoms with Crippen LogP contribution in [-0.2, 0) is 4.74 Å². The minimum atomic E-state index is -0.739. The Bertz CT molecular complexity index is 915. The predicted molar refractivity (Wildman–Crippen MR) is 110 cm³/mol. The van der Waals surface area contributed by atoms with Crippen molar-refractivity contribution in [3.8, 4) is 17.2 Å². The van der Waals surface area contributed by atoms with Crippen molar-refractivity contribution in [1.82, 2.24) is 0 Å². The lowest BCUT2D eigenvalue weighted by molar-refractivity contribution is 0.0635. The lowest BCUT2D eigenvalue weighted by atomic mass is 10.1. The van der Waals surface area contributed by atoms with Gasteiger partial charge in [-0.1, -0.05) is 0 Å². The van der Waals surface area contributed by atoms with Crippen molar-refractivity contribution >= 4 is 23.4 Å². The van der Waals surface area contributed by atoms with Crippen LogP contribution in [-0.4, -0.2) is 38.9 Å². The molecular weight excluding hydrogens is 395 g/mol. The zero-order chi connectivity index (χ0) is 22.5. The molecule has 0 aliphatic rings. The highest BCUT2D eigenvalue weighted by Gasteiger charge is 2.20. The number of nitrogens with one attached hydrogen (secondary N) is 2. The van der Waals surface area contributed by atoms with Crippen LogP contribution in [0.2, 0.25) is 0 Å². The number of halogens is 1. The van der Waals surface area contributed by atoms with E-state index < -0.39 is 23.4 Å². The minimum absolute atomic E-state index is 0.0552. The van der Waals surface area contributed by atoms with Gasteiger partial charge in [-0.3, -0.25) is 10.1 Å². The SMILES string of the molecule is COc1cc(C(=O)Nc2cc(F)ccc2NC(=O)OC(C)(C)C)cc(OC)c1OC. The average Bonchev–Trinajstić information content (AvgIpc) is 2.67. The number of hydrogen-bond acceptors (Lipinski definition) is 6. The molecule has 0 heterocycles. The molecule has 2 aromatic carbocycles. The van der Waals surface area contributed by atoms with Gasteiger partial charge in [-0.15, -0.1) is 0 Å². The van der Waals surface area contributed by atoms with Gasteiger partial charge in [0.25, 0.3) is 5.91 Å². The van der Waals surface area contributed by atoms with E-state index in [-0.39, 0.29) is 28.4 Å². The molecule has 162 valence electrons. The molecule has 8 nitrogen and oxygen atoms in total. The van der Waals surface area contributed by atoms with Gasteiger partial charge in [-0.25, -0.2) is 9.18 Å². The van der Waals surface area contributed by atoms with Crippen molar-refractivity contribution in [3.05, 3.63) is 41.7 Å². The third-order valence-corrected chi connectivity index (χ3v) is 3.79. The van der Waals surface area contributed by atoms with Gasteiger partial charge in [0.1, 0.15) is 11.4 Å². The highest BCUT2D eigenvalue weighted by Crippen LogP contribution is 2.38. The Morgan fingerprint density at radius 3 is 1.97 bits per heavy atom. The van der Waals surface area contributed by atoms with Crippen molar-refractivity contribution in [2.75, 3.05) is 32.0 Å². The normalized spacial score (nSPS) is 10.8. The lowest BCUT2D eigenvalue weighted by Gasteiger charge is -2.20. The zero-order valence-electron chi connectivity index (χ0n) is 17.7. The van der Waals surface area contributed by atoms with Crippen LogP contribution >= 0.6 is 0 Å². The second kappa shape index (κ2) is 9.34. The molecule has 0 atom stereocenters. The molecule has 2 amide bonds. The summed E-state index contributed by atoms with van der Waals surface area (Å²) in [5.41, 5.74) is -0.313. The van der Waals surface area contributed by atoms with Gasteiger partial charge < -0.3 is 24.3 Å². The molecule has 0 aliphatic carbocycles. The van der Waals surface area contributed by atoms with Crippen LogP contribution in [0.25, 0.3) is 0 Å². The number of methoxy groups -OCH3 is 3. The van der Waals surface area contributed by atoms with Crippen LogP contribution in [0.5, 0.6) is 17.2 Å². The summed E-state index contributed by atoms with van der Waals surface area (Å²) < 4.78 is 34.7. The molecule has 0 radical (unpaired) electrons. The highest BCUT2D eigenvalue weighted by atomic mass is 19.1. The first kappa shape index (κ1) is 22.8. The van der Waals surface area contributed by atoms with Gasteiger partial charge >= 0.3 is 6.09 Å². The van der Waals surface area contributed by atoms with Gasteiger partial charge in [-0.2, -0.15) is 0 Å². The van der Waals surface area contributed by atoms with Gasteiger partial charge in [0.2, 0.25) is 5.75 Å². The van der Waals surface area contributed by atoms with Crippen LogP contribution < -0.4 is 24.8 Å². The predicted octanol–water partition coefficient (Wildman–Crippen LogP) is 4.45. The van der Waals surface area contributed by atoms with E-state index >= 15 is 0 Å². The molecule has 0 spiro atoms. The number of carbonyl (C=O) groups is 2. The Labute approximate surface area is 174 Å². The van der Waals surface area contributed by atoms with Crippen LogP contribution in [0.15, 0.2) is 30.3 Å². The number of benzene rings is 2. The van der Waals surface area contributed by atoms with Crippen LogP contribution in [0.1, 0.15) is 31.1 Å². The Morgan fingerprint density at radius 2 is 1.47 bits per heavy atom. The van der Waals surface area contributed by atoms with Crippen LogP contribution in [0.3, 0.4) is 0 Å². The number of hydrogen-bond donors (Lipinski definition) is 2. The van der Waals surface area contributed by atoms with Crippen molar-refractivity contribution in [2.24, 2.45) is 0 Å². The summed E-state index contributed by atoms with van der Waals surface area (Å²) in [6.45, 7) is 5.14. The summed E-state index contributed by atoms with van der Waals surface area (Å²) in [4.78, 5) is 24.9. The molecule has 2 N–H and O–H groups in total. The molecule has 0 saturated carbocycles. The third-order valence-electron chi connectivity index (χ3n) is 3.79. The van der Waals surface area contributed by atoms with E-state index in [1.54, 1.807) is 20.8 Å². The fraction of sp³-hybridized carbons (Fsp3) is 0.333. The van der Waals surface area contributed by atoms with E-state index in [1.807, 2.05) is 0 Å². The maximum Gasteiger partial charge on any atom is 0.412 e. The van der Waals surface area contributed by atoms with Gasteiger partial charge in [-0.05, 0) is 51.1 Å². The smallest absolute Gasteiger partial charge is 0.412 e. The first-order valence-electron chi connectivity index (χ1n) is 8.99. The molecule has 9 heteroatoms. The Kier molecular flexibility index (Phi) is 7.10. The van der Waals surface area contributed by atoms with E-state index in [0.29, 0.717) is 5.75 Å². The molecule has 30 heavy (non-hydrogen) atoms. The number of carbonyl (C=O) groups excluding carboxylic acids is 2. The molecule has 2 aromatic rings. The third kappa shape index (κ3) is 5.76. The molecule has 0 saturated heterocycles. The van der Waals surface area contributed by atoms with E-state index in [2.05, 4.69) is 10.6 Å². The standard InChI is InChI=1S/C21H25FN2O6/c1-21(2,3)30-20(26)24-14-8-7-13(22)11-15(14)23-19(25)12-9-16(27-4)18(29-6)17(10-12)28-5/h7-11H,1-6H3,(H,23,25)(H,24,26). The summed E-state index contributed by atoms with van der Waals surface area (Å²) >= 11 is 0. The maximum absolute atomic E-state index is 13.8. The van der Waals surface area contributed by atoms with Gasteiger partial charge in [0, 0.05) is 5.56 Å². The highest BCUT2D eigenvalue weighted by molar-refractivity contribution is 6.07. The average molecular weight is 420 g/mol. The molecule has 2 rings (SSSR count). The van der Waals surface area contributed by atoms with Gasteiger partial charge in [0.05, 0.1) is 32.7 Å². The second-order valence-electron chi connectivity index (χ2n) is 7.18. The van der Waals surface area contributed by atoms with Gasteiger partial charge in [0.15, 0.2) is 11.5 Å². The maximum atomic E-state index is 13.8. The summed E-state index contributed by atoms with van der Waals surface area (Å²) in [5, 5.41) is 5.08. The zero-order valence-corrected chi connectivity index (χ0v) is 17.7. The summed E-state index contributed by atoms with van der Waals surface area (Å²) in [5.74, 6) is -0.270. The summed E-state index contributed by atoms with van der Waals surface area (Å²) in [7, 11) is 4.30. The van der Waals surface area contributed by atoms with E-state index in [0.717, 1.165) is 12.1 Å². The van der Waals surface area contributed by atoms with E-state index in [1.165, 1.54) is 39.5 Å². The molecule has 0 aliphatic heterocycles. The Morgan fingerprint density at radius 1 is 0.867 bits per heavy atom. The fourth-order valence-corrected chi connectivity index (χ4v) is 2.55. The number of anilines is 2. The van der Waals surface area contributed by atoms with Crippen molar-refractivity contribution < 1.29 is 32.9 Å². The van der Waals surface area contributed by atoms with Crippen molar-refractivity contribution in [3.63, 3.8) is 0 Å². The monoisotopic (exact) mass is 420 g/mol. The lowest BCUT2D eigenvalue weighted by Crippen LogP contribution is -2.27. The van der Waals surface area contributed by atoms with Crippen LogP contribution in [0, 0.1) is 5.82 Å². The molecule has 0 unspecified atom stereocenters. The largest absolute Gasteiger partial charge is 0.493 e. The minimum Gasteiger partial charge on any atom is -0.493 e. The number of amides is 2. The van der Waals surface area contributed by atoms with Crippen molar-refractivity contribution in [2.45, 2.75) is 26.4 Å². The van der Waals surface area contributed by atoms with Crippen molar-refractivity contribution in [1.29, 1.82) is 0 Å². The molecule has 0 fully saturated rings. The molecule has 0 aromatic heterocycles. The molecular formula is C21H25FN2O6. The molecule has 0 bridgehead atoms. The second-order valence-corrected chi connectivity index (χ2v) is 7.18. The van der Waals surface area contributed by atoms with Crippen LogP contribution in [0.4, 0.5) is 20.6 Å². The summed E-state index contributed by atoms with van der Waals surface area (Å²) in [6, 6.07) is 6.47. The topological polar surface area (TPSA) is 95.1 Å². The Hall–Kier alpha value is -3.49. The fourth-order valence-electron chi connectivity index (χ4n) is 2.55. The number of ether oxygens (including phenoxy) is 4.